The zero-order chi connectivity index (χ0) is 30.5. The van der Waals surface area contributed by atoms with Crippen LogP contribution in [0.3, 0.4) is 0 Å². The SMILES string of the molecule is CC(C)(C)NC(=O)[C@H](Cc1ccccc1)N(Cc1ccc(Cl)c(Cl)c1)C(=O)CN(c1cccc(Cl)c1Cl)S(C)(=O)=O. The van der Waals surface area contributed by atoms with Crippen molar-refractivity contribution in [1.82, 2.24) is 10.2 Å². The number of nitrogens with one attached hydrogen (secondary N) is 1. The van der Waals surface area contributed by atoms with Crippen molar-refractivity contribution in [3.63, 3.8) is 0 Å². The second-order valence-corrected chi connectivity index (χ2v) is 14.1. The van der Waals surface area contributed by atoms with E-state index in [0.29, 0.717) is 10.6 Å². The molecule has 12 heteroatoms. The third-order valence-electron chi connectivity index (χ3n) is 5.99. The fourth-order valence-electron chi connectivity index (χ4n) is 4.12. The molecule has 1 N–H and O–H groups in total. The van der Waals surface area contributed by atoms with Crippen LogP contribution in [0.25, 0.3) is 0 Å². The van der Waals surface area contributed by atoms with Gasteiger partial charge in [-0.25, -0.2) is 8.42 Å². The Balaban J connectivity index is 2.12. The van der Waals surface area contributed by atoms with Gasteiger partial charge in [-0.05, 0) is 56.2 Å². The number of hydrogen-bond donors (Lipinski definition) is 1. The molecule has 1 atom stereocenters. The molecule has 0 fully saturated rings. The summed E-state index contributed by atoms with van der Waals surface area (Å²) in [5, 5.41) is 3.68. The first-order valence-electron chi connectivity index (χ1n) is 12.6. The number of benzene rings is 3. The number of hydrogen-bond acceptors (Lipinski definition) is 4. The Morgan fingerprint density at radius 2 is 1.51 bits per heavy atom. The Morgan fingerprint density at radius 1 is 0.854 bits per heavy atom. The van der Waals surface area contributed by atoms with Crippen LogP contribution in [0.15, 0.2) is 66.7 Å². The molecule has 2 amide bonds. The molecule has 0 aliphatic rings. The van der Waals surface area contributed by atoms with E-state index in [2.05, 4.69) is 5.32 Å². The maximum Gasteiger partial charge on any atom is 0.244 e. The van der Waals surface area contributed by atoms with Crippen LogP contribution in [0.1, 0.15) is 31.9 Å². The molecule has 0 saturated carbocycles. The molecule has 0 saturated heterocycles. The second-order valence-electron chi connectivity index (χ2n) is 10.6. The Kier molecular flexibility index (Phi) is 11.0. The van der Waals surface area contributed by atoms with Gasteiger partial charge in [-0.3, -0.25) is 13.9 Å². The minimum Gasteiger partial charge on any atom is -0.350 e. The predicted molar refractivity (Wildman–Crippen MR) is 167 cm³/mol. The van der Waals surface area contributed by atoms with E-state index in [0.717, 1.165) is 16.1 Å². The van der Waals surface area contributed by atoms with E-state index in [4.69, 9.17) is 46.4 Å². The molecule has 3 aromatic rings. The van der Waals surface area contributed by atoms with Gasteiger partial charge in [-0.1, -0.05) is 88.9 Å². The van der Waals surface area contributed by atoms with Gasteiger partial charge in [0.15, 0.2) is 0 Å². The topological polar surface area (TPSA) is 86.8 Å². The van der Waals surface area contributed by atoms with Crippen LogP contribution < -0.4 is 9.62 Å². The highest BCUT2D eigenvalue weighted by molar-refractivity contribution is 7.92. The van der Waals surface area contributed by atoms with Crippen molar-refractivity contribution >= 4 is 73.9 Å². The number of amides is 2. The fraction of sp³-hybridized carbons (Fsp3) is 0.310. The van der Waals surface area contributed by atoms with E-state index < -0.39 is 40.0 Å². The molecule has 0 bridgehead atoms. The van der Waals surface area contributed by atoms with E-state index in [9.17, 15) is 18.0 Å². The van der Waals surface area contributed by atoms with Gasteiger partial charge in [0.1, 0.15) is 12.6 Å². The molecule has 0 unspecified atom stereocenters. The summed E-state index contributed by atoms with van der Waals surface area (Å²) in [6, 6.07) is 17.6. The number of anilines is 1. The maximum atomic E-state index is 14.1. The average molecular weight is 659 g/mol. The molecule has 0 spiro atoms. The first kappa shape index (κ1) is 33.0. The zero-order valence-electron chi connectivity index (χ0n) is 23.0. The standard InChI is InChI=1S/C29H31Cl4N3O4S/c1-29(2,3)34-28(38)25(16-19-9-6-5-7-10-19)35(17-20-13-14-21(30)23(32)15-20)26(37)18-36(41(4,39)40)24-12-8-11-22(31)27(24)33/h5-15,25H,16-18H2,1-4H3,(H,34,38)/t25-/m0/s1. The predicted octanol–water partition coefficient (Wildman–Crippen LogP) is 6.62. The van der Waals surface area contributed by atoms with Gasteiger partial charge in [0.05, 0.1) is 32.0 Å². The van der Waals surface area contributed by atoms with Gasteiger partial charge >= 0.3 is 0 Å². The lowest BCUT2D eigenvalue weighted by Crippen LogP contribution is -2.56. The minimum absolute atomic E-state index is 0.0188. The molecule has 220 valence electrons. The summed E-state index contributed by atoms with van der Waals surface area (Å²) in [5.41, 5.74) is 0.855. The third-order valence-corrected chi connectivity index (χ3v) is 8.66. The first-order chi connectivity index (χ1) is 19.1. The van der Waals surface area contributed by atoms with E-state index in [1.807, 2.05) is 51.1 Å². The van der Waals surface area contributed by atoms with E-state index >= 15 is 0 Å². The van der Waals surface area contributed by atoms with Gasteiger partial charge in [-0.15, -0.1) is 0 Å². The molecule has 3 rings (SSSR count). The Morgan fingerprint density at radius 3 is 2.10 bits per heavy atom. The number of sulfonamides is 1. The van der Waals surface area contributed by atoms with Crippen molar-refractivity contribution in [2.75, 3.05) is 17.1 Å². The average Bonchev–Trinajstić information content (AvgIpc) is 2.87. The number of carbonyl (C=O) groups excluding carboxylic acids is 2. The molecular formula is C29H31Cl4N3O4S. The van der Waals surface area contributed by atoms with Crippen LogP contribution in [0.2, 0.25) is 20.1 Å². The van der Waals surface area contributed by atoms with Crippen molar-refractivity contribution in [1.29, 1.82) is 0 Å². The van der Waals surface area contributed by atoms with Crippen molar-refractivity contribution in [2.45, 2.75) is 45.3 Å². The highest BCUT2D eigenvalue weighted by Crippen LogP contribution is 2.34. The van der Waals surface area contributed by atoms with Crippen molar-refractivity contribution < 1.29 is 18.0 Å². The molecular weight excluding hydrogens is 628 g/mol. The zero-order valence-corrected chi connectivity index (χ0v) is 26.8. The summed E-state index contributed by atoms with van der Waals surface area (Å²) in [5.74, 6) is -1.04. The number of rotatable bonds is 10. The lowest BCUT2D eigenvalue weighted by Gasteiger charge is -2.35. The lowest BCUT2D eigenvalue weighted by atomic mass is 10.0. The van der Waals surface area contributed by atoms with Crippen molar-refractivity contribution in [3.05, 3.63) is 97.9 Å². The van der Waals surface area contributed by atoms with Crippen LogP contribution in [0, 0.1) is 0 Å². The summed E-state index contributed by atoms with van der Waals surface area (Å²) in [7, 11) is -4.00. The largest absolute Gasteiger partial charge is 0.350 e. The van der Waals surface area contributed by atoms with E-state index in [1.54, 1.807) is 18.2 Å². The van der Waals surface area contributed by atoms with E-state index in [1.165, 1.54) is 23.1 Å². The number of halogens is 4. The Bertz CT molecular complexity index is 1510. The summed E-state index contributed by atoms with van der Waals surface area (Å²) >= 11 is 24.9. The first-order valence-corrected chi connectivity index (χ1v) is 15.9. The van der Waals surface area contributed by atoms with Crippen molar-refractivity contribution in [2.24, 2.45) is 0 Å². The Hall–Kier alpha value is -2.49. The second kappa shape index (κ2) is 13.7. The van der Waals surface area contributed by atoms with Gasteiger partial charge in [-0.2, -0.15) is 0 Å². The molecule has 41 heavy (non-hydrogen) atoms. The van der Waals surface area contributed by atoms with E-state index in [-0.39, 0.29) is 33.7 Å². The number of carbonyl (C=O) groups is 2. The van der Waals surface area contributed by atoms with Crippen molar-refractivity contribution in [3.8, 4) is 0 Å². The molecule has 7 nitrogen and oxygen atoms in total. The fourth-order valence-corrected chi connectivity index (χ4v) is 5.74. The Labute approximate surface area is 261 Å². The van der Waals surface area contributed by atoms with Gasteiger partial charge in [0.25, 0.3) is 0 Å². The van der Waals surface area contributed by atoms with Gasteiger partial charge < -0.3 is 10.2 Å². The van der Waals surface area contributed by atoms with Gasteiger partial charge in [0.2, 0.25) is 21.8 Å². The molecule has 0 heterocycles. The maximum absolute atomic E-state index is 14.1. The molecule has 0 radical (unpaired) electrons. The molecule has 0 aliphatic heterocycles. The molecule has 3 aromatic carbocycles. The summed E-state index contributed by atoms with van der Waals surface area (Å²) in [6.07, 6.45) is 1.14. The highest BCUT2D eigenvalue weighted by atomic mass is 35.5. The third kappa shape index (κ3) is 9.25. The minimum atomic E-state index is -4.00. The summed E-state index contributed by atoms with van der Waals surface area (Å²) in [4.78, 5) is 29.2. The quantitative estimate of drug-likeness (QED) is 0.265. The van der Waals surface area contributed by atoms with Crippen LogP contribution in [0.4, 0.5) is 5.69 Å². The molecule has 0 aromatic heterocycles. The molecule has 0 aliphatic carbocycles. The summed E-state index contributed by atoms with van der Waals surface area (Å²) in [6.45, 7) is 4.83. The van der Waals surface area contributed by atoms with Crippen LogP contribution in [-0.4, -0.2) is 49.5 Å². The van der Waals surface area contributed by atoms with Crippen LogP contribution in [0.5, 0.6) is 0 Å². The normalized spacial score (nSPS) is 12.5. The van der Waals surface area contributed by atoms with Crippen LogP contribution in [-0.2, 0) is 32.6 Å². The van der Waals surface area contributed by atoms with Crippen LogP contribution >= 0.6 is 46.4 Å². The summed E-state index contributed by atoms with van der Waals surface area (Å²) < 4.78 is 26.7. The monoisotopic (exact) mass is 657 g/mol. The smallest absolute Gasteiger partial charge is 0.244 e. The lowest BCUT2D eigenvalue weighted by molar-refractivity contribution is -0.140. The van der Waals surface area contributed by atoms with Gasteiger partial charge in [0, 0.05) is 18.5 Å². The number of nitrogens with zero attached hydrogens (tertiary/aromatic N) is 2. The highest BCUT2D eigenvalue weighted by Gasteiger charge is 2.35.